The van der Waals surface area contributed by atoms with E-state index in [1.54, 1.807) is 31.2 Å². The molecule has 0 amide bonds. The molecule has 5 rings (SSSR count). The van der Waals surface area contributed by atoms with Gasteiger partial charge in [0.1, 0.15) is 5.60 Å². The van der Waals surface area contributed by atoms with Gasteiger partial charge < -0.3 is 25.7 Å². The molecule has 10 nitrogen and oxygen atoms in total. The van der Waals surface area contributed by atoms with Gasteiger partial charge in [-0.3, -0.25) is 9.59 Å². The summed E-state index contributed by atoms with van der Waals surface area (Å²) in [7, 11) is 0. The third-order valence-electron chi connectivity index (χ3n) is 8.42. The highest BCUT2D eigenvalue weighted by molar-refractivity contribution is 6.18. The molecule has 44 heavy (non-hydrogen) atoms. The minimum atomic E-state index is -1.52. The van der Waals surface area contributed by atoms with Crippen molar-refractivity contribution in [3.8, 4) is 0 Å². The number of allylic oxidation sites excluding steroid dienone is 11. The zero-order valence-corrected chi connectivity index (χ0v) is 25.0. The van der Waals surface area contributed by atoms with Crippen LogP contribution in [0.2, 0.25) is 0 Å². The van der Waals surface area contributed by atoms with Crippen molar-refractivity contribution >= 4 is 29.1 Å². The molecular formula is C34H34N4O6. The Morgan fingerprint density at radius 1 is 0.841 bits per heavy atom. The molecule has 10 heteroatoms. The van der Waals surface area contributed by atoms with Crippen molar-refractivity contribution in [3.05, 3.63) is 117 Å². The first-order valence-corrected chi connectivity index (χ1v) is 14.2. The van der Waals surface area contributed by atoms with E-state index in [2.05, 4.69) is 11.9 Å². The molecule has 0 saturated carbocycles. The van der Waals surface area contributed by atoms with Crippen LogP contribution in [0.25, 0.3) is 0 Å². The smallest absolute Gasteiger partial charge is 0.303 e. The van der Waals surface area contributed by atoms with E-state index in [0.717, 1.165) is 39.7 Å². The van der Waals surface area contributed by atoms with Crippen LogP contribution in [0.5, 0.6) is 0 Å². The largest absolute Gasteiger partial charge is 0.516 e. The average molecular weight is 595 g/mol. The minimum Gasteiger partial charge on any atom is -0.516 e. The third kappa shape index (κ3) is 5.40. The molecule has 0 aromatic rings. The fraction of sp³-hybridized carbons (Fsp3) is 0.265. The van der Waals surface area contributed by atoms with E-state index in [-0.39, 0.29) is 25.7 Å². The lowest BCUT2D eigenvalue weighted by atomic mass is 9.92. The third-order valence-corrected chi connectivity index (χ3v) is 8.42. The van der Waals surface area contributed by atoms with Gasteiger partial charge in [0.15, 0.2) is 0 Å². The molecule has 5 aliphatic heterocycles. The van der Waals surface area contributed by atoms with Crippen LogP contribution in [0.1, 0.15) is 53.4 Å². The lowest BCUT2D eigenvalue weighted by Crippen LogP contribution is -2.29. The Labute approximate surface area is 255 Å². The van der Waals surface area contributed by atoms with Gasteiger partial charge in [0.05, 0.1) is 46.2 Å². The molecule has 5 aliphatic rings. The zero-order chi connectivity index (χ0) is 31.9. The van der Waals surface area contributed by atoms with Gasteiger partial charge in [-0.2, -0.15) is 0 Å². The number of aliphatic imine (C=N–C) groups is 3. The van der Waals surface area contributed by atoms with E-state index in [1.807, 2.05) is 26.8 Å². The Morgan fingerprint density at radius 2 is 1.43 bits per heavy atom. The number of hydrogen-bond donors (Lipinski definition) is 5. The molecule has 0 radical (unpaired) electrons. The van der Waals surface area contributed by atoms with Gasteiger partial charge in [0.2, 0.25) is 0 Å². The molecule has 0 fully saturated rings. The SMILES string of the molecule is C=CC1=C(C)C2=CC3=NC(=CC4=NC(=CC5=C(/C=C/O)C(C)(O)C(=CC1=N2)N5)C(C)=C4CCC(=O)O)C(CCC(=O)O)=C3C. The van der Waals surface area contributed by atoms with E-state index in [9.17, 15) is 30.0 Å². The molecular weight excluding hydrogens is 560 g/mol. The van der Waals surface area contributed by atoms with Crippen LogP contribution in [0.3, 0.4) is 0 Å². The summed E-state index contributed by atoms with van der Waals surface area (Å²) in [4.78, 5) is 37.7. The second-order valence-corrected chi connectivity index (χ2v) is 11.2. The topological polar surface area (TPSA) is 164 Å². The molecule has 0 spiro atoms. The summed E-state index contributed by atoms with van der Waals surface area (Å²) in [5.74, 6) is -1.87. The maximum absolute atomic E-state index is 11.7. The number of carboxylic acid groups (broad SMARTS) is 2. The number of nitrogens with one attached hydrogen (secondary N) is 1. The van der Waals surface area contributed by atoms with Crippen LogP contribution >= 0.6 is 0 Å². The summed E-state index contributed by atoms with van der Waals surface area (Å²) in [6.45, 7) is 11.3. The molecule has 0 aromatic heterocycles. The monoisotopic (exact) mass is 594 g/mol. The predicted octanol–water partition coefficient (Wildman–Crippen LogP) is 5.44. The molecule has 1 atom stereocenters. The second-order valence-electron chi connectivity index (χ2n) is 11.2. The first-order valence-electron chi connectivity index (χ1n) is 14.2. The van der Waals surface area contributed by atoms with Gasteiger partial charge in [-0.15, -0.1) is 0 Å². The van der Waals surface area contributed by atoms with E-state index >= 15 is 0 Å². The van der Waals surface area contributed by atoms with E-state index < -0.39 is 17.5 Å². The van der Waals surface area contributed by atoms with Crippen molar-refractivity contribution in [3.63, 3.8) is 0 Å². The van der Waals surface area contributed by atoms with Crippen LogP contribution < -0.4 is 5.32 Å². The van der Waals surface area contributed by atoms with Crippen molar-refractivity contribution in [1.29, 1.82) is 0 Å². The fourth-order valence-corrected chi connectivity index (χ4v) is 5.87. The van der Waals surface area contributed by atoms with E-state index in [0.29, 0.717) is 51.2 Å². The summed E-state index contributed by atoms with van der Waals surface area (Å²) < 4.78 is 0. The number of rotatable bonds is 8. The first-order chi connectivity index (χ1) is 20.8. The molecule has 5 N–H and O–H groups in total. The fourth-order valence-electron chi connectivity index (χ4n) is 5.87. The number of aliphatic carboxylic acids is 2. The first kappa shape index (κ1) is 30.4. The van der Waals surface area contributed by atoms with Crippen molar-refractivity contribution in [1.82, 2.24) is 5.32 Å². The van der Waals surface area contributed by atoms with Crippen molar-refractivity contribution in [2.45, 2.75) is 59.0 Å². The number of carboxylic acids is 2. The Kier molecular flexibility index (Phi) is 7.96. The minimum absolute atomic E-state index is 0.0852. The number of nitrogens with zero attached hydrogens (tertiary/aromatic N) is 3. The van der Waals surface area contributed by atoms with Crippen molar-refractivity contribution in [2.75, 3.05) is 0 Å². The van der Waals surface area contributed by atoms with Gasteiger partial charge in [0.25, 0.3) is 0 Å². The highest BCUT2D eigenvalue weighted by atomic mass is 16.4. The maximum atomic E-state index is 11.7. The van der Waals surface area contributed by atoms with E-state index in [4.69, 9.17) is 15.0 Å². The van der Waals surface area contributed by atoms with Gasteiger partial charge in [-0.25, -0.2) is 15.0 Å². The highest BCUT2D eigenvalue weighted by Crippen LogP contribution is 2.40. The average Bonchev–Trinajstić information content (AvgIpc) is 3.59. The number of hydrogen-bond acceptors (Lipinski definition) is 8. The van der Waals surface area contributed by atoms with Gasteiger partial charge in [0, 0.05) is 29.7 Å². The van der Waals surface area contributed by atoms with Gasteiger partial charge in [-0.1, -0.05) is 12.7 Å². The number of carbonyl (C=O) groups is 2. The molecule has 8 bridgehead atoms. The van der Waals surface area contributed by atoms with E-state index in [1.165, 1.54) is 6.08 Å². The molecule has 1 unspecified atom stereocenters. The summed E-state index contributed by atoms with van der Waals surface area (Å²) in [5, 5.41) is 43.6. The lowest BCUT2D eigenvalue weighted by molar-refractivity contribution is -0.137. The Bertz CT molecular complexity index is 1790. The molecule has 0 aliphatic carbocycles. The Morgan fingerprint density at radius 3 is 2.07 bits per heavy atom. The predicted molar refractivity (Wildman–Crippen MR) is 169 cm³/mol. The van der Waals surface area contributed by atoms with Gasteiger partial charge in [-0.05, 0) is 98.8 Å². The molecule has 5 heterocycles. The van der Waals surface area contributed by atoms with Crippen LogP contribution in [-0.2, 0) is 9.59 Å². The van der Waals surface area contributed by atoms with Crippen molar-refractivity contribution < 1.29 is 30.0 Å². The quantitative estimate of drug-likeness (QED) is 0.233. The molecule has 0 aromatic carbocycles. The number of aliphatic hydroxyl groups excluding tert-OH is 1. The highest BCUT2D eigenvalue weighted by Gasteiger charge is 2.39. The molecule has 226 valence electrons. The van der Waals surface area contributed by atoms with Crippen LogP contribution in [0.15, 0.2) is 132 Å². The normalized spacial score (nSPS) is 23.0. The Hall–Kier alpha value is -5.09. The van der Waals surface area contributed by atoms with Crippen LogP contribution in [-0.4, -0.2) is 55.1 Å². The van der Waals surface area contributed by atoms with Gasteiger partial charge >= 0.3 is 11.9 Å². The molecule has 0 saturated heterocycles. The maximum Gasteiger partial charge on any atom is 0.303 e. The summed E-state index contributed by atoms with van der Waals surface area (Å²) in [6.07, 6.45) is 11.4. The summed E-state index contributed by atoms with van der Waals surface area (Å²) in [6, 6.07) is 0. The van der Waals surface area contributed by atoms with Crippen LogP contribution in [0.4, 0.5) is 0 Å². The number of aliphatic hydroxyl groups is 2. The lowest BCUT2D eigenvalue weighted by Gasteiger charge is -2.20. The Balaban J connectivity index is 1.80. The van der Waals surface area contributed by atoms with Crippen molar-refractivity contribution in [2.24, 2.45) is 15.0 Å². The standard InChI is InChI=1S/C34H34N4O6/c1-6-20-17(2)24-13-25-18(3)21(7-9-32(40)41)27(35-25)15-28-22(8-10-33(42)43)19(4)26(36-28)14-30-23(11-12-39)34(5,44)31(38-30)16-29(20)37-24/h6,11-16,38-39,44H,1,7-10H2,2-5H3,(H,40,41)(H,42,43)/b12-11+,24-13?,26-14?,27-15?,31-16?. The van der Waals surface area contributed by atoms with Crippen LogP contribution in [0, 0.1) is 0 Å². The summed E-state index contributed by atoms with van der Waals surface area (Å²) >= 11 is 0. The zero-order valence-electron chi connectivity index (χ0n) is 25.0. The summed E-state index contributed by atoms with van der Waals surface area (Å²) in [5.41, 5.74) is 8.02. The number of fused-ring (bicyclic) bond motifs is 5. The second kappa shape index (κ2) is 11.5.